The van der Waals surface area contributed by atoms with Crippen molar-refractivity contribution in [3.05, 3.63) is 64.7 Å². The molecule has 0 radical (unpaired) electrons. The Morgan fingerprint density at radius 1 is 1.07 bits per heavy atom. The van der Waals surface area contributed by atoms with Crippen LogP contribution < -0.4 is 4.72 Å². The van der Waals surface area contributed by atoms with E-state index in [1.54, 1.807) is 12.1 Å². The summed E-state index contributed by atoms with van der Waals surface area (Å²) in [6.07, 6.45) is 4.74. The van der Waals surface area contributed by atoms with Gasteiger partial charge in [0, 0.05) is 11.6 Å². The van der Waals surface area contributed by atoms with Gasteiger partial charge in [-0.15, -0.1) is 0 Å². The molecule has 2 aromatic rings. The van der Waals surface area contributed by atoms with E-state index in [-0.39, 0.29) is 16.7 Å². The first-order valence-electron chi connectivity index (χ1n) is 9.33. The number of sulfonamides is 1. The Labute approximate surface area is 170 Å². The van der Waals surface area contributed by atoms with Crippen LogP contribution in [0.3, 0.4) is 0 Å². The number of halogens is 1. The molecule has 150 valence electrons. The molecule has 0 aromatic heterocycles. The second-order valence-corrected chi connectivity index (χ2v) is 9.76. The molecule has 1 saturated carbocycles. The molecule has 0 saturated heterocycles. The third-order valence-electron chi connectivity index (χ3n) is 5.35. The monoisotopic (exact) mass is 421 g/mol. The van der Waals surface area contributed by atoms with Crippen molar-refractivity contribution in [3.63, 3.8) is 0 Å². The third-order valence-corrected chi connectivity index (χ3v) is 7.02. The molecule has 5 nitrogen and oxygen atoms in total. The lowest BCUT2D eigenvalue weighted by Crippen LogP contribution is -2.37. The summed E-state index contributed by atoms with van der Waals surface area (Å²) in [5.74, 6) is -0.858. The van der Waals surface area contributed by atoms with E-state index in [0.717, 1.165) is 43.2 Å². The first-order valence-corrected chi connectivity index (χ1v) is 11.2. The number of carbonyl (C=O) groups is 1. The maximum absolute atomic E-state index is 12.7. The first kappa shape index (κ1) is 20.8. The second-order valence-electron chi connectivity index (χ2n) is 7.55. The lowest BCUT2D eigenvalue weighted by Gasteiger charge is -2.29. The molecule has 0 spiro atoms. The zero-order valence-electron chi connectivity index (χ0n) is 15.5. The predicted molar refractivity (Wildman–Crippen MR) is 109 cm³/mol. The zero-order valence-corrected chi connectivity index (χ0v) is 17.1. The van der Waals surface area contributed by atoms with Crippen molar-refractivity contribution in [1.29, 1.82) is 0 Å². The average molecular weight is 422 g/mol. The molecule has 0 bridgehead atoms. The zero-order chi connectivity index (χ0) is 20.2. The summed E-state index contributed by atoms with van der Waals surface area (Å²) >= 11 is 5.85. The standard InChI is InChI=1S/C21H24ClNO4S/c22-18-6-8-19(9-7-18)28(26,27)23-15-21(10-1-2-11-21)14-17-5-3-4-16(12-17)13-20(24)25/h3-9,12,23H,1-2,10-11,13-15H2,(H,24,25). The number of hydrogen-bond acceptors (Lipinski definition) is 3. The summed E-state index contributed by atoms with van der Waals surface area (Å²) in [6, 6.07) is 13.7. The van der Waals surface area contributed by atoms with Gasteiger partial charge >= 0.3 is 5.97 Å². The molecule has 0 unspecified atom stereocenters. The van der Waals surface area contributed by atoms with E-state index < -0.39 is 16.0 Å². The Kier molecular flexibility index (Phi) is 6.43. The van der Waals surface area contributed by atoms with E-state index in [1.165, 1.54) is 12.1 Å². The Morgan fingerprint density at radius 2 is 1.71 bits per heavy atom. The highest BCUT2D eigenvalue weighted by Gasteiger charge is 2.35. The lowest BCUT2D eigenvalue weighted by molar-refractivity contribution is -0.136. The number of benzene rings is 2. The molecule has 28 heavy (non-hydrogen) atoms. The molecule has 0 heterocycles. The van der Waals surface area contributed by atoms with Crippen LogP contribution in [0.15, 0.2) is 53.4 Å². The van der Waals surface area contributed by atoms with Crippen LogP contribution in [0.1, 0.15) is 36.8 Å². The molecular formula is C21H24ClNO4S. The first-order chi connectivity index (χ1) is 13.3. The van der Waals surface area contributed by atoms with Crippen molar-refractivity contribution < 1.29 is 18.3 Å². The van der Waals surface area contributed by atoms with Gasteiger partial charge in [-0.25, -0.2) is 13.1 Å². The summed E-state index contributed by atoms with van der Waals surface area (Å²) in [6.45, 7) is 0.362. The summed E-state index contributed by atoms with van der Waals surface area (Å²) in [7, 11) is -3.61. The SMILES string of the molecule is O=C(O)Cc1cccc(CC2(CNS(=O)(=O)c3ccc(Cl)cc3)CCCC2)c1. The summed E-state index contributed by atoms with van der Waals surface area (Å²) < 4.78 is 28.1. The molecule has 1 aliphatic carbocycles. The van der Waals surface area contributed by atoms with Crippen molar-refractivity contribution in [3.8, 4) is 0 Å². The number of hydrogen-bond donors (Lipinski definition) is 2. The van der Waals surface area contributed by atoms with E-state index in [2.05, 4.69) is 4.72 Å². The molecule has 0 amide bonds. The number of aliphatic carboxylic acids is 1. The fourth-order valence-electron chi connectivity index (χ4n) is 3.94. The van der Waals surface area contributed by atoms with Gasteiger partial charge in [-0.3, -0.25) is 4.79 Å². The molecule has 3 rings (SSSR count). The van der Waals surface area contributed by atoms with Crippen LogP contribution in [-0.2, 0) is 27.7 Å². The van der Waals surface area contributed by atoms with Gasteiger partial charge in [-0.05, 0) is 60.1 Å². The number of nitrogens with one attached hydrogen (secondary N) is 1. The molecule has 7 heteroatoms. The maximum Gasteiger partial charge on any atom is 0.307 e. The fraction of sp³-hybridized carbons (Fsp3) is 0.381. The Balaban J connectivity index is 1.74. The van der Waals surface area contributed by atoms with Gasteiger partial charge in [0.25, 0.3) is 0 Å². The van der Waals surface area contributed by atoms with E-state index >= 15 is 0 Å². The summed E-state index contributed by atoms with van der Waals surface area (Å²) in [5, 5.41) is 9.50. The molecule has 0 aliphatic heterocycles. The summed E-state index contributed by atoms with van der Waals surface area (Å²) in [4.78, 5) is 11.2. The number of rotatable bonds is 8. The van der Waals surface area contributed by atoms with Gasteiger partial charge in [-0.2, -0.15) is 0 Å². The number of carboxylic acid groups (broad SMARTS) is 1. The smallest absolute Gasteiger partial charge is 0.307 e. The van der Waals surface area contributed by atoms with Crippen LogP contribution >= 0.6 is 11.6 Å². The molecule has 1 aliphatic rings. The van der Waals surface area contributed by atoms with Crippen LogP contribution in [0.5, 0.6) is 0 Å². The fourth-order valence-corrected chi connectivity index (χ4v) is 5.23. The molecule has 0 atom stereocenters. The normalized spacial score (nSPS) is 16.2. The largest absolute Gasteiger partial charge is 0.481 e. The van der Waals surface area contributed by atoms with Gasteiger partial charge in [0.1, 0.15) is 0 Å². The van der Waals surface area contributed by atoms with Crippen LogP contribution in [0, 0.1) is 5.41 Å². The highest BCUT2D eigenvalue weighted by molar-refractivity contribution is 7.89. The van der Waals surface area contributed by atoms with Crippen LogP contribution in [0.2, 0.25) is 5.02 Å². The third kappa shape index (κ3) is 5.34. The van der Waals surface area contributed by atoms with Crippen LogP contribution in [-0.4, -0.2) is 26.0 Å². The topological polar surface area (TPSA) is 83.5 Å². The maximum atomic E-state index is 12.7. The quantitative estimate of drug-likeness (QED) is 0.673. The minimum atomic E-state index is -3.61. The number of carboxylic acids is 1. The van der Waals surface area contributed by atoms with Crippen molar-refractivity contribution in [2.24, 2.45) is 5.41 Å². The van der Waals surface area contributed by atoms with Gasteiger partial charge < -0.3 is 5.11 Å². The van der Waals surface area contributed by atoms with Gasteiger partial charge in [0.15, 0.2) is 0 Å². The minimum absolute atomic E-state index is 0.00988. The Hall–Kier alpha value is -1.89. The van der Waals surface area contributed by atoms with Crippen molar-refractivity contribution in [1.82, 2.24) is 4.72 Å². The van der Waals surface area contributed by atoms with Gasteiger partial charge in [0.2, 0.25) is 10.0 Å². The van der Waals surface area contributed by atoms with Crippen molar-refractivity contribution >= 4 is 27.6 Å². The Morgan fingerprint density at radius 3 is 2.36 bits per heavy atom. The molecular weight excluding hydrogens is 398 g/mol. The van der Waals surface area contributed by atoms with Crippen LogP contribution in [0.25, 0.3) is 0 Å². The Bertz CT molecular complexity index is 935. The molecule has 1 fully saturated rings. The second kappa shape index (κ2) is 8.64. The van der Waals surface area contributed by atoms with Crippen LogP contribution in [0.4, 0.5) is 0 Å². The highest BCUT2D eigenvalue weighted by Crippen LogP contribution is 2.41. The van der Waals surface area contributed by atoms with E-state index in [4.69, 9.17) is 16.7 Å². The summed E-state index contributed by atoms with van der Waals surface area (Å²) in [5.41, 5.74) is 1.66. The van der Waals surface area contributed by atoms with Gasteiger partial charge in [0.05, 0.1) is 11.3 Å². The predicted octanol–water partition coefficient (Wildman–Crippen LogP) is 4.05. The van der Waals surface area contributed by atoms with Crippen molar-refractivity contribution in [2.75, 3.05) is 6.54 Å². The molecule has 2 N–H and O–H groups in total. The average Bonchev–Trinajstić information content (AvgIpc) is 3.09. The van der Waals surface area contributed by atoms with E-state index in [1.807, 2.05) is 24.3 Å². The van der Waals surface area contributed by atoms with Gasteiger partial charge in [-0.1, -0.05) is 48.7 Å². The van der Waals surface area contributed by atoms with E-state index in [9.17, 15) is 13.2 Å². The minimum Gasteiger partial charge on any atom is -0.481 e. The lowest BCUT2D eigenvalue weighted by atomic mass is 9.80. The van der Waals surface area contributed by atoms with Crippen molar-refractivity contribution in [2.45, 2.75) is 43.4 Å². The van der Waals surface area contributed by atoms with E-state index in [0.29, 0.717) is 11.6 Å². The highest BCUT2D eigenvalue weighted by atomic mass is 35.5. The molecule has 2 aromatic carbocycles.